The molecule has 0 unspecified atom stereocenters. The third kappa shape index (κ3) is 4.36. The number of carbonyl (C=O) groups is 1. The second-order valence-electron chi connectivity index (χ2n) is 3.94. The second kappa shape index (κ2) is 6.15. The SMILES string of the molecule is CCc1nc(NCCN(C)C)cc(C(=O)O)n1. The number of nitrogens with one attached hydrogen (secondary N) is 1. The lowest BCUT2D eigenvalue weighted by atomic mass is 10.3. The molecule has 1 aromatic heterocycles. The van der Waals surface area contributed by atoms with Crippen molar-refractivity contribution in [2.24, 2.45) is 0 Å². The molecule has 0 aromatic carbocycles. The van der Waals surface area contributed by atoms with Gasteiger partial charge in [-0.2, -0.15) is 0 Å². The van der Waals surface area contributed by atoms with Crippen LogP contribution in [0.2, 0.25) is 0 Å². The number of rotatable bonds is 6. The van der Waals surface area contributed by atoms with Gasteiger partial charge in [0, 0.05) is 25.6 Å². The Bertz CT molecular complexity index is 393. The summed E-state index contributed by atoms with van der Waals surface area (Å²) in [4.78, 5) is 21.1. The van der Waals surface area contributed by atoms with Gasteiger partial charge in [0.1, 0.15) is 11.6 Å². The first kappa shape index (κ1) is 13.4. The molecule has 1 aromatic rings. The molecule has 0 fully saturated rings. The summed E-state index contributed by atoms with van der Waals surface area (Å²) in [5.41, 5.74) is 0.0317. The summed E-state index contributed by atoms with van der Waals surface area (Å²) in [6, 6.07) is 1.46. The van der Waals surface area contributed by atoms with Crippen LogP contribution in [0.3, 0.4) is 0 Å². The number of nitrogens with zero attached hydrogens (tertiary/aromatic N) is 3. The van der Waals surface area contributed by atoms with Gasteiger partial charge in [0.25, 0.3) is 0 Å². The van der Waals surface area contributed by atoms with E-state index in [1.165, 1.54) is 6.07 Å². The van der Waals surface area contributed by atoms with Gasteiger partial charge >= 0.3 is 5.97 Å². The first-order valence-electron chi connectivity index (χ1n) is 5.52. The zero-order chi connectivity index (χ0) is 12.8. The number of carboxylic acids is 1. The van der Waals surface area contributed by atoms with E-state index in [9.17, 15) is 4.79 Å². The van der Waals surface area contributed by atoms with E-state index in [0.29, 0.717) is 24.6 Å². The van der Waals surface area contributed by atoms with Crippen molar-refractivity contribution in [1.29, 1.82) is 0 Å². The van der Waals surface area contributed by atoms with Gasteiger partial charge in [-0.3, -0.25) is 0 Å². The quantitative estimate of drug-likeness (QED) is 0.760. The van der Waals surface area contributed by atoms with Crippen molar-refractivity contribution in [2.75, 3.05) is 32.5 Å². The van der Waals surface area contributed by atoms with E-state index in [1.807, 2.05) is 25.9 Å². The molecule has 94 valence electrons. The summed E-state index contributed by atoms with van der Waals surface area (Å²) >= 11 is 0. The van der Waals surface area contributed by atoms with Crippen LogP contribution < -0.4 is 5.32 Å². The van der Waals surface area contributed by atoms with Crippen LogP contribution in [0.5, 0.6) is 0 Å². The van der Waals surface area contributed by atoms with Gasteiger partial charge in [0.2, 0.25) is 0 Å². The smallest absolute Gasteiger partial charge is 0.354 e. The molecular weight excluding hydrogens is 220 g/mol. The number of anilines is 1. The lowest BCUT2D eigenvalue weighted by Gasteiger charge is -2.11. The van der Waals surface area contributed by atoms with Gasteiger partial charge in [-0.05, 0) is 14.1 Å². The molecule has 0 saturated carbocycles. The lowest BCUT2D eigenvalue weighted by molar-refractivity contribution is 0.0690. The minimum Gasteiger partial charge on any atom is -0.477 e. The highest BCUT2D eigenvalue weighted by Crippen LogP contribution is 2.07. The number of hydrogen-bond acceptors (Lipinski definition) is 5. The van der Waals surface area contributed by atoms with Gasteiger partial charge in [-0.25, -0.2) is 14.8 Å². The van der Waals surface area contributed by atoms with Crippen LogP contribution in [0, 0.1) is 0 Å². The van der Waals surface area contributed by atoms with Crippen LogP contribution in [0.25, 0.3) is 0 Å². The van der Waals surface area contributed by atoms with Gasteiger partial charge in [-0.1, -0.05) is 6.92 Å². The predicted molar refractivity (Wildman–Crippen MR) is 65.4 cm³/mol. The molecule has 1 rings (SSSR count). The fourth-order valence-corrected chi connectivity index (χ4v) is 1.26. The van der Waals surface area contributed by atoms with Crippen LogP contribution in [0.1, 0.15) is 23.2 Å². The van der Waals surface area contributed by atoms with Crippen LogP contribution in [-0.2, 0) is 6.42 Å². The largest absolute Gasteiger partial charge is 0.477 e. The number of aromatic carboxylic acids is 1. The average molecular weight is 238 g/mol. The zero-order valence-corrected chi connectivity index (χ0v) is 10.4. The van der Waals surface area contributed by atoms with E-state index in [2.05, 4.69) is 15.3 Å². The maximum atomic E-state index is 10.9. The third-order valence-electron chi connectivity index (χ3n) is 2.17. The molecule has 6 nitrogen and oxygen atoms in total. The summed E-state index contributed by atoms with van der Waals surface area (Å²) in [6.45, 7) is 3.46. The topological polar surface area (TPSA) is 78.4 Å². The highest BCUT2D eigenvalue weighted by molar-refractivity contribution is 5.86. The number of hydrogen-bond donors (Lipinski definition) is 2. The van der Waals surface area contributed by atoms with Crippen LogP contribution in [0.4, 0.5) is 5.82 Å². The minimum absolute atomic E-state index is 0.0317. The molecule has 0 amide bonds. The molecule has 0 aliphatic rings. The second-order valence-corrected chi connectivity index (χ2v) is 3.94. The highest BCUT2D eigenvalue weighted by atomic mass is 16.4. The normalized spacial score (nSPS) is 10.6. The fraction of sp³-hybridized carbons (Fsp3) is 0.545. The molecule has 0 atom stereocenters. The number of likely N-dealkylation sites (N-methyl/N-ethyl adjacent to an activating group) is 1. The first-order chi connectivity index (χ1) is 8.02. The van der Waals surface area contributed by atoms with Gasteiger partial charge in [-0.15, -0.1) is 0 Å². The van der Waals surface area contributed by atoms with E-state index in [1.54, 1.807) is 0 Å². The molecule has 6 heteroatoms. The summed E-state index contributed by atoms with van der Waals surface area (Å²) in [6.07, 6.45) is 0.615. The van der Waals surface area contributed by atoms with Crippen molar-refractivity contribution in [3.63, 3.8) is 0 Å². The van der Waals surface area contributed by atoms with E-state index in [4.69, 9.17) is 5.11 Å². The summed E-state index contributed by atoms with van der Waals surface area (Å²) in [5, 5.41) is 12.0. The van der Waals surface area contributed by atoms with Crippen molar-refractivity contribution >= 4 is 11.8 Å². The Kier molecular flexibility index (Phi) is 4.84. The maximum absolute atomic E-state index is 10.9. The minimum atomic E-state index is -1.03. The Hall–Kier alpha value is -1.69. The van der Waals surface area contributed by atoms with E-state index >= 15 is 0 Å². The van der Waals surface area contributed by atoms with Crippen molar-refractivity contribution in [3.8, 4) is 0 Å². The van der Waals surface area contributed by atoms with Crippen LogP contribution in [-0.4, -0.2) is 53.1 Å². The van der Waals surface area contributed by atoms with Crippen LogP contribution >= 0.6 is 0 Å². The standard InChI is InChI=1S/C11H18N4O2/c1-4-9-13-8(11(16)17)7-10(14-9)12-5-6-15(2)3/h7H,4-6H2,1-3H3,(H,16,17)(H,12,13,14). The summed E-state index contributed by atoms with van der Waals surface area (Å²) < 4.78 is 0. The monoisotopic (exact) mass is 238 g/mol. The van der Waals surface area contributed by atoms with E-state index in [0.717, 1.165) is 6.54 Å². The molecule has 0 spiro atoms. The highest BCUT2D eigenvalue weighted by Gasteiger charge is 2.09. The van der Waals surface area contributed by atoms with Gasteiger partial charge in [0.05, 0.1) is 0 Å². The number of aryl methyl sites for hydroxylation is 1. The molecule has 0 radical (unpaired) electrons. The molecule has 0 bridgehead atoms. The Labute approximate surface area is 101 Å². The lowest BCUT2D eigenvalue weighted by Crippen LogP contribution is -2.21. The van der Waals surface area contributed by atoms with Crippen molar-refractivity contribution < 1.29 is 9.90 Å². The Morgan fingerprint density at radius 3 is 2.71 bits per heavy atom. The van der Waals surface area contributed by atoms with Crippen molar-refractivity contribution in [1.82, 2.24) is 14.9 Å². The van der Waals surface area contributed by atoms with Crippen LogP contribution in [0.15, 0.2) is 6.07 Å². The summed E-state index contributed by atoms with van der Waals surface area (Å²) in [7, 11) is 3.95. The van der Waals surface area contributed by atoms with E-state index in [-0.39, 0.29) is 5.69 Å². The molecule has 17 heavy (non-hydrogen) atoms. The Morgan fingerprint density at radius 1 is 1.47 bits per heavy atom. The predicted octanol–water partition coefficient (Wildman–Crippen LogP) is 0.711. The fourth-order valence-electron chi connectivity index (χ4n) is 1.26. The number of carboxylic acid groups (broad SMARTS) is 1. The molecular formula is C11H18N4O2. The molecule has 0 aliphatic carbocycles. The number of aromatic nitrogens is 2. The van der Waals surface area contributed by atoms with Crippen molar-refractivity contribution in [3.05, 3.63) is 17.6 Å². The Balaban J connectivity index is 2.76. The molecule has 1 heterocycles. The van der Waals surface area contributed by atoms with Crippen molar-refractivity contribution in [2.45, 2.75) is 13.3 Å². The average Bonchev–Trinajstić information content (AvgIpc) is 2.28. The van der Waals surface area contributed by atoms with Gasteiger partial charge in [0.15, 0.2) is 5.69 Å². The first-order valence-corrected chi connectivity index (χ1v) is 5.52. The molecule has 2 N–H and O–H groups in total. The zero-order valence-electron chi connectivity index (χ0n) is 10.4. The Morgan fingerprint density at radius 2 is 2.18 bits per heavy atom. The van der Waals surface area contributed by atoms with E-state index < -0.39 is 5.97 Å². The molecule has 0 saturated heterocycles. The maximum Gasteiger partial charge on any atom is 0.354 e. The summed E-state index contributed by atoms with van der Waals surface area (Å²) in [5.74, 6) is 0.0751. The molecule has 0 aliphatic heterocycles. The third-order valence-corrected chi connectivity index (χ3v) is 2.17. The van der Waals surface area contributed by atoms with Gasteiger partial charge < -0.3 is 15.3 Å².